The number of pyridine rings is 1. The Kier molecular flexibility index (Phi) is 9.56. The van der Waals surface area contributed by atoms with Crippen LogP contribution in [-0.2, 0) is 21.4 Å². The number of carboxylic acid groups (broad SMARTS) is 1. The zero-order valence-corrected chi connectivity index (χ0v) is 25.1. The Morgan fingerprint density at radius 2 is 1.77 bits per heavy atom. The van der Waals surface area contributed by atoms with Crippen molar-refractivity contribution in [2.75, 3.05) is 19.6 Å². The summed E-state index contributed by atoms with van der Waals surface area (Å²) < 4.78 is 60.8. The zero-order valence-electron chi connectivity index (χ0n) is 24.3. The molecule has 2 N–H and O–H groups in total. The van der Waals surface area contributed by atoms with Crippen molar-refractivity contribution >= 4 is 23.5 Å². The summed E-state index contributed by atoms with van der Waals surface area (Å²) in [5.41, 5.74) is 3.21. The molecular weight excluding hydrogens is 605 g/mol. The lowest BCUT2D eigenvalue weighted by atomic mass is 9.64. The van der Waals surface area contributed by atoms with E-state index in [0.29, 0.717) is 24.0 Å². The molecule has 240 valence electrons. The number of hydrogen-bond donors (Lipinski definition) is 1. The number of aryl methyl sites for hydroxylation is 1. The molecule has 5 atom stereocenters. The van der Waals surface area contributed by atoms with E-state index in [2.05, 4.69) is 45.5 Å². The molecule has 2 saturated heterocycles. The lowest BCUT2D eigenvalue weighted by Crippen LogP contribution is -2.82. The van der Waals surface area contributed by atoms with E-state index in [4.69, 9.17) is 21.5 Å². The van der Waals surface area contributed by atoms with Crippen molar-refractivity contribution in [1.29, 1.82) is 0 Å². The molecule has 3 heterocycles. The van der Waals surface area contributed by atoms with Crippen molar-refractivity contribution in [2.45, 2.75) is 87.3 Å². The Labute approximate surface area is 258 Å². The van der Waals surface area contributed by atoms with Crippen molar-refractivity contribution in [2.24, 2.45) is 11.8 Å². The number of fused-ring (bicyclic) bond motifs is 2. The highest BCUT2D eigenvalue weighted by Gasteiger charge is 2.56. The molecule has 0 radical (unpaired) electrons. The minimum Gasteiger partial charge on any atom is -0.542 e. The van der Waals surface area contributed by atoms with Crippen molar-refractivity contribution in [3.05, 3.63) is 64.4 Å². The summed E-state index contributed by atoms with van der Waals surface area (Å²) >= 11 is 6.23. The van der Waals surface area contributed by atoms with Gasteiger partial charge in [-0.1, -0.05) is 48.0 Å². The van der Waals surface area contributed by atoms with E-state index in [-0.39, 0.29) is 42.0 Å². The van der Waals surface area contributed by atoms with Gasteiger partial charge in [0, 0.05) is 31.1 Å². The number of carboxylic acids is 1. The van der Waals surface area contributed by atoms with Gasteiger partial charge in [0.05, 0.1) is 18.5 Å². The first kappa shape index (κ1) is 32.6. The predicted octanol–water partition coefficient (Wildman–Crippen LogP) is 4.40. The molecule has 44 heavy (non-hydrogen) atoms. The van der Waals surface area contributed by atoms with E-state index >= 15 is 0 Å². The van der Waals surface area contributed by atoms with Crippen LogP contribution in [0.3, 0.4) is 0 Å². The van der Waals surface area contributed by atoms with Gasteiger partial charge in [-0.15, -0.1) is 0 Å². The first-order chi connectivity index (χ1) is 20.8. The van der Waals surface area contributed by atoms with Crippen LogP contribution in [0.2, 0.25) is 5.15 Å². The van der Waals surface area contributed by atoms with Crippen molar-refractivity contribution in [3.8, 4) is 0 Å². The summed E-state index contributed by atoms with van der Waals surface area (Å²) in [6.07, 6.45) is 0.484. The van der Waals surface area contributed by atoms with E-state index in [1.807, 2.05) is 12.1 Å². The molecule has 2 unspecified atom stereocenters. The molecule has 3 fully saturated rings. The van der Waals surface area contributed by atoms with Crippen LogP contribution in [0.5, 0.6) is 0 Å². The lowest BCUT2D eigenvalue weighted by Gasteiger charge is -2.48. The number of piperidine rings is 1. The maximum absolute atomic E-state index is 14.6. The molecule has 2 aliphatic heterocycles. The number of halogens is 6. The summed E-state index contributed by atoms with van der Waals surface area (Å²) in [4.78, 5) is 29.9. The summed E-state index contributed by atoms with van der Waals surface area (Å²) in [7, 11) is 0. The molecule has 1 saturated carbocycles. The molecular formula is C32H37ClF5N3O3. The molecule has 6 rings (SSSR count). The number of likely N-dealkylation sites (tertiary alicyclic amines) is 1. The van der Waals surface area contributed by atoms with Crippen molar-refractivity contribution in [3.63, 3.8) is 0 Å². The maximum Gasteiger partial charge on any atom is 0.430 e. The Morgan fingerprint density at radius 3 is 2.45 bits per heavy atom. The summed E-state index contributed by atoms with van der Waals surface area (Å²) in [6.45, 7) is 2.25. The number of carbonyl (C=O) groups excluding carboxylic acids is 2. The maximum atomic E-state index is 14.6. The molecule has 2 aromatic rings. The second-order valence-corrected chi connectivity index (χ2v) is 13.0. The molecule has 1 aromatic heterocycles. The monoisotopic (exact) mass is 641 g/mol. The Morgan fingerprint density at radius 1 is 1.05 bits per heavy atom. The summed E-state index contributed by atoms with van der Waals surface area (Å²) in [5, 5.41) is 11.6. The lowest BCUT2D eigenvalue weighted by molar-refractivity contribution is -0.640. The van der Waals surface area contributed by atoms with E-state index in [0.717, 1.165) is 57.3 Å². The van der Waals surface area contributed by atoms with Crippen LogP contribution in [0, 0.1) is 11.8 Å². The minimum absolute atomic E-state index is 0.0285. The highest BCUT2D eigenvalue weighted by Crippen LogP contribution is 2.47. The average Bonchev–Trinajstić information content (AvgIpc) is 3.40. The first-order valence-corrected chi connectivity index (χ1v) is 15.7. The van der Waals surface area contributed by atoms with Gasteiger partial charge in [-0.05, 0) is 74.0 Å². The number of aromatic nitrogens is 1. The van der Waals surface area contributed by atoms with Gasteiger partial charge in [0.15, 0.2) is 0 Å². The number of benzene rings is 1. The van der Waals surface area contributed by atoms with Crippen LogP contribution in [-0.4, -0.2) is 59.5 Å². The third-order valence-electron chi connectivity index (χ3n) is 10.0. The fourth-order valence-electron chi connectivity index (χ4n) is 8.10. The Hall–Kier alpha value is -2.79. The standard InChI is InChI=1S/C30H36ClF2N3O.C2HF3O2/c31-27-11-10-23-25(35-27)9-5-13-29(23)19-34-18-24(29)28(37)36-15-12-21(20-6-2-1-3-7-20)16-26(36)22-8-4-14-30(32,33)17-22;3-2(4,5)1(6)7/h1-3,6-7,10-11,21-22,24,26,34H,4-5,8-9,12-19H2;(H,6,7)/t21-,22?,24+,26?,29+;/m1./s1. The van der Waals surface area contributed by atoms with Gasteiger partial charge in [0.2, 0.25) is 11.8 Å². The van der Waals surface area contributed by atoms with Crippen LogP contribution in [0.4, 0.5) is 22.0 Å². The number of carbonyl (C=O) groups is 2. The SMILES string of the molecule is O=C([C@@H]1C[NH2+]C[C@]12CCCc1nc(Cl)ccc12)N1CC[C@@H](c2ccccc2)CC1C1CCCC(F)(F)C1.O=C([O-])C(F)(F)F. The van der Waals surface area contributed by atoms with E-state index < -0.39 is 18.1 Å². The molecule has 1 amide bonds. The second-order valence-electron chi connectivity index (χ2n) is 12.6. The number of aliphatic carboxylic acids is 1. The normalized spacial score (nSPS) is 29.8. The van der Waals surface area contributed by atoms with Gasteiger partial charge in [-0.25, -0.2) is 13.8 Å². The first-order valence-electron chi connectivity index (χ1n) is 15.3. The number of rotatable bonds is 3. The Bertz CT molecular complexity index is 1340. The van der Waals surface area contributed by atoms with Gasteiger partial charge < -0.3 is 20.1 Å². The number of nitrogens with zero attached hydrogens (tertiary/aromatic N) is 2. The molecule has 4 aliphatic rings. The molecule has 6 nitrogen and oxygen atoms in total. The van der Waals surface area contributed by atoms with Gasteiger partial charge in [0.1, 0.15) is 17.0 Å². The van der Waals surface area contributed by atoms with Gasteiger partial charge in [-0.2, -0.15) is 13.2 Å². The predicted molar refractivity (Wildman–Crippen MR) is 151 cm³/mol. The van der Waals surface area contributed by atoms with Gasteiger partial charge in [0.25, 0.3) is 0 Å². The van der Waals surface area contributed by atoms with Crippen LogP contribution >= 0.6 is 11.6 Å². The summed E-state index contributed by atoms with van der Waals surface area (Å²) in [5.74, 6) is -5.48. The molecule has 1 spiro atoms. The molecule has 2 aliphatic carbocycles. The largest absolute Gasteiger partial charge is 0.542 e. The van der Waals surface area contributed by atoms with Crippen LogP contribution < -0.4 is 10.4 Å². The number of quaternary nitrogens is 1. The van der Waals surface area contributed by atoms with Gasteiger partial charge >= 0.3 is 6.18 Å². The highest BCUT2D eigenvalue weighted by atomic mass is 35.5. The van der Waals surface area contributed by atoms with Crippen LogP contribution in [0.1, 0.15) is 74.1 Å². The van der Waals surface area contributed by atoms with Crippen molar-refractivity contribution < 1.29 is 42.0 Å². The van der Waals surface area contributed by atoms with Crippen LogP contribution in [0.25, 0.3) is 0 Å². The number of hydrogen-bond acceptors (Lipinski definition) is 4. The van der Waals surface area contributed by atoms with E-state index in [9.17, 15) is 26.7 Å². The van der Waals surface area contributed by atoms with E-state index in [1.165, 1.54) is 11.1 Å². The minimum atomic E-state index is -5.19. The topological polar surface area (TPSA) is 89.9 Å². The molecule has 0 bridgehead atoms. The smallest absolute Gasteiger partial charge is 0.430 e. The Balaban J connectivity index is 0.000000493. The fourth-order valence-corrected chi connectivity index (χ4v) is 8.26. The average molecular weight is 642 g/mol. The second kappa shape index (κ2) is 12.9. The third-order valence-corrected chi connectivity index (χ3v) is 10.3. The van der Waals surface area contributed by atoms with E-state index in [1.54, 1.807) is 0 Å². The number of alkyl halides is 5. The third kappa shape index (κ3) is 6.88. The van der Waals surface area contributed by atoms with Gasteiger partial charge in [-0.3, -0.25) is 4.79 Å². The molecule has 12 heteroatoms. The van der Waals surface area contributed by atoms with Crippen LogP contribution in [0.15, 0.2) is 42.5 Å². The highest BCUT2D eigenvalue weighted by molar-refractivity contribution is 6.29. The number of amides is 1. The van der Waals surface area contributed by atoms with Crippen molar-refractivity contribution in [1.82, 2.24) is 9.88 Å². The fraction of sp³-hybridized carbons (Fsp3) is 0.594. The number of nitrogens with two attached hydrogens (primary N) is 1. The molecule has 1 aromatic carbocycles. The summed E-state index contributed by atoms with van der Waals surface area (Å²) in [6, 6.07) is 14.2. The quantitative estimate of drug-likeness (QED) is 0.398. The zero-order chi connectivity index (χ0) is 31.7.